The Morgan fingerprint density at radius 3 is 1.07 bits per heavy atom. The van der Waals surface area contributed by atoms with Crippen molar-refractivity contribution in [2.24, 2.45) is 0 Å². The largest absolute Gasteiger partial charge is 0.208 e. The summed E-state index contributed by atoms with van der Waals surface area (Å²) < 4.78 is 0. The maximum atomic E-state index is 5.08. The summed E-state index contributed by atoms with van der Waals surface area (Å²) in [5, 5.41) is 7.40. The Balaban J connectivity index is 1.08. The molecule has 0 aliphatic heterocycles. The molecule has 0 saturated heterocycles. The molecule has 0 bridgehead atoms. The van der Waals surface area contributed by atoms with Crippen LogP contribution in [0.4, 0.5) is 0 Å². The first-order valence-electron chi connectivity index (χ1n) is 20.3. The van der Waals surface area contributed by atoms with Crippen LogP contribution in [0, 0.1) is 0 Å². The molecular formula is C57H37N3. The van der Waals surface area contributed by atoms with Crippen LogP contribution >= 0.6 is 0 Å². The molecule has 0 aliphatic rings. The number of rotatable bonds is 7. The summed E-state index contributed by atoms with van der Waals surface area (Å²) in [6.07, 6.45) is 0. The first-order chi connectivity index (χ1) is 29.7. The zero-order valence-electron chi connectivity index (χ0n) is 32.7. The molecule has 0 fully saturated rings. The molecule has 1 heterocycles. The smallest absolute Gasteiger partial charge is 0.164 e. The monoisotopic (exact) mass is 763 g/mol. The number of fused-ring (bicyclic) bond motifs is 6. The lowest BCUT2D eigenvalue weighted by Gasteiger charge is -2.17. The molecule has 3 heteroatoms. The van der Waals surface area contributed by atoms with Crippen molar-refractivity contribution in [3.63, 3.8) is 0 Å². The average Bonchev–Trinajstić information content (AvgIpc) is 3.34. The first kappa shape index (κ1) is 35.2. The maximum Gasteiger partial charge on any atom is 0.164 e. The maximum absolute atomic E-state index is 5.08. The lowest BCUT2D eigenvalue weighted by Crippen LogP contribution is -2.00. The molecule has 0 radical (unpaired) electrons. The molecule has 11 rings (SSSR count). The molecule has 0 saturated carbocycles. The Kier molecular flexibility index (Phi) is 8.83. The predicted molar refractivity (Wildman–Crippen MR) is 250 cm³/mol. The summed E-state index contributed by atoms with van der Waals surface area (Å²) in [6, 6.07) is 79.7. The van der Waals surface area contributed by atoms with Gasteiger partial charge in [-0.2, -0.15) is 0 Å². The second kappa shape index (κ2) is 15.1. The van der Waals surface area contributed by atoms with Gasteiger partial charge in [-0.1, -0.05) is 206 Å². The van der Waals surface area contributed by atoms with Crippen LogP contribution in [0.3, 0.4) is 0 Å². The lowest BCUT2D eigenvalue weighted by atomic mass is 9.86. The average molecular weight is 764 g/mol. The summed E-state index contributed by atoms with van der Waals surface area (Å²) in [4.78, 5) is 15.1. The minimum absolute atomic E-state index is 0.632. The summed E-state index contributed by atoms with van der Waals surface area (Å²) in [5.74, 6) is 1.92. The van der Waals surface area contributed by atoms with Gasteiger partial charge >= 0.3 is 0 Å². The molecule has 3 nitrogen and oxygen atoms in total. The van der Waals surface area contributed by atoms with Gasteiger partial charge in [-0.05, 0) is 95.0 Å². The Bertz CT molecular complexity index is 3270. The van der Waals surface area contributed by atoms with Crippen LogP contribution in [-0.4, -0.2) is 15.0 Å². The van der Waals surface area contributed by atoms with E-state index < -0.39 is 0 Å². The van der Waals surface area contributed by atoms with Crippen molar-refractivity contribution in [1.29, 1.82) is 0 Å². The topological polar surface area (TPSA) is 38.7 Å². The normalized spacial score (nSPS) is 11.3. The van der Waals surface area contributed by atoms with Crippen molar-refractivity contribution in [2.45, 2.75) is 0 Å². The summed E-state index contributed by atoms with van der Waals surface area (Å²) in [7, 11) is 0. The van der Waals surface area contributed by atoms with Crippen LogP contribution < -0.4 is 0 Å². The third-order valence-electron chi connectivity index (χ3n) is 11.5. The number of benzene rings is 10. The van der Waals surface area contributed by atoms with Crippen molar-refractivity contribution in [3.05, 3.63) is 224 Å². The standard InChI is InChI=1S/C57H37N3/c1-4-15-38(16-5-1)39-27-29-40(30-28-39)41-31-33-42(34-32-41)47-36-52(54-51-26-13-12-24-49(51)48-23-10-11-25-50(48)53(54)37-47)45-21-14-22-46(35-45)57-59-55(43-17-6-2-7-18-43)58-56(60-57)44-19-8-3-9-20-44/h1-37H. The van der Waals surface area contributed by atoms with E-state index in [2.05, 4.69) is 164 Å². The molecule has 0 amide bonds. The molecule has 11 aromatic rings. The van der Waals surface area contributed by atoms with Gasteiger partial charge in [0.15, 0.2) is 17.5 Å². The number of nitrogens with zero attached hydrogens (tertiary/aromatic N) is 3. The van der Waals surface area contributed by atoms with Gasteiger partial charge in [-0.15, -0.1) is 0 Å². The van der Waals surface area contributed by atoms with Gasteiger partial charge in [0.25, 0.3) is 0 Å². The minimum atomic E-state index is 0.632. The molecule has 0 atom stereocenters. The van der Waals surface area contributed by atoms with E-state index >= 15 is 0 Å². The van der Waals surface area contributed by atoms with Crippen LogP contribution in [0.1, 0.15) is 0 Å². The van der Waals surface area contributed by atoms with Crippen molar-refractivity contribution < 1.29 is 0 Å². The third kappa shape index (κ3) is 6.49. The number of hydrogen-bond acceptors (Lipinski definition) is 3. The molecule has 0 unspecified atom stereocenters. The highest BCUT2D eigenvalue weighted by Gasteiger charge is 2.18. The fourth-order valence-corrected chi connectivity index (χ4v) is 8.53. The number of aromatic nitrogens is 3. The second-order valence-electron chi connectivity index (χ2n) is 15.2. The fourth-order valence-electron chi connectivity index (χ4n) is 8.53. The van der Waals surface area contributed by atoms with Crippen LogP contribution in [0.25, 0.3) is 111 Å². The van der Waals surface area contributed by atoms with E-state index in [1.807, 2.05) is 60.7 Å². The molecular weight excluding hydrogens is 727 g/mol. The molecule has 60 heavy (non-hydrogen) atoms. The molecule has 0 N–H and O–H groups in total. The van der Waals surface area contributed by atoms with Crippen LogP contribution in [0.15, 0.2) is 224 Å². The van der Waals surface area contributed by atoms with Gasteiger partial charge in [-0.3, -0.25) is 0 Å². The van der Waals surface area contributed by atoms with E-state index in [1.54, 1.807) is 0 Å². The molecule has 280 valence electrons. The van der Waals surface area contributed by atoms with Crippen molar-refractivity contribution in [2.75, 3.05) is 0 Å². The fraction of sp³-hybridized carbons (Fsp3) is 0. The van der Waals surface area contributed by atoms with Gasteiger partial charge in [0, 0.05) is 16.7 Å². The Hall–Kier alpha value is -8.01. The first-order valence-corrected chi connectivity index (χ1v) is 20.3. The van der Waals surface area contributed by atoms with E-state index in [9.17, 15) is 0 Å². The van der Waals surface area contributed by atoms with Gasteiger partial charge in [0.05, 0.1) is 0 Å². The van der Waals surface area contributed by atoms with Crippen LogP contribution in [0.5, 0.6) is 0 Å². The van der Waals surface area contributed by atoms with Crippen molar-refractivity contribution >= 4 is 32.3 Å². The summed E-state index contributed by atoms with van der Waals surface area (Å²) in [5.41, 5.74) is 12.2. The quantitative estimate of drug-likeness (QED) is 0.152. The Morgan fingerprint density at radius 2 is 0.550 bits per heavy atom. The molecule has 0 aliphatic carbocycles. The SMILES string of the molecule is c1ccc(-c2ccc(-c3ccc(-c4cc(-c5cccc(-c6nc(-c7ccccc7)nc(-c7ccccc7)n6)c5)c5c6ccccc6c6ccccc6c5c4)cc3)cc2)cc1. The Morgan fingerprint density at radius 1 is 0.200 bits per heavy atom. The van der Waals surface area contributed by atoms with Gasteiger partial charge in [-0.25, -0.2) is 15.0 Å². The van der Waals surface area contributed by atoms with E-state index in [-0.39, 0.29) is 0 Å². The number of hydrogen-bond donors (Lipinski definition) is 0. The second-order valence-corrected chi connectivity index (χ2v) is 15.2. The van der Waals surface area contributed by atoms with Gasteiger partial charge in [0.1, 0.15) is 0 Å². The van der Waals surface area contributed by atoms with Crippen LogP contribution in [0.2, 0.25) is 0 Å². The van der Waals surface area contributed by atoms with E-state index in [1.165, 1.54) is 54.6 Å². The van der Waals surface area contributed by atoms with Gasteiger partial charge < -0.3 is 0 Å². The lowest BCUT2D eigenvalue weighted by molar-refractivity contribution is 1.07. The van der Waals surface area contributed by atoms with Crippen LogP contribution in [-0.2, 0) is 0 Å². The highest BCUT2D eigenvalue weighted by Crippen LogP contribution is 2.43. The van der Waals surface area contributed by atoms with E-state index in [0.717, 1.165) is 38.9 Å². The molecule has 1 aromatic heterocycles. The molecule has 0 spiro atoms. The highest BCUT2D eigenvalue weighted by molar-refractivity contribution is 6.29. The van der Waals surface area contributed by atoms with E-state index in [4.69, 9.17) is 15.0 Å². The zero-order valence-corrected chi connectivity index (χ0v) is 32.7. The predicted octanol–water partition coefficient (Wildman–Crippen LogP) is 15.0. The third-order valence-corrected chi connectivity index (χ3v) is 11.5. The molecule has 10 aromatic carbocycles. The van der Waals surface area contributed by atoms with E-state index in [0.29, 0.717) is 17.5 Å². The minimum Gasteiger partial charge on any atom is -0.208 e. The van der Waals surface area contributed by atoms with Crippen molar-refractivity contribution in [1.82, 2.24) is 15.0 Å². The highest BCUT2D eigenvalue weighted by atomic mass is 15.0. The summed E-state index contributed by atoms with van der Waals surface area (Å²) >= 11 is 0. The zero-order chi connectivity index (χ0) is 39.8. The Labute approximate surface area is 349 Å². The summed E-state index contributed by atoms with van der Waals surface area (Å²) in [6.45, 7) is 0. The van der Waals surface area contributed by atoms with Gasteiger partial charge in [0.2, 0.25) is 0 Å². The van der Waals surface area contributed by atoms with Crippen molar-refractivity contribution in [3.8, 4) is 78.7 Å².